The van der Waals surface area contributed by atoms with Gasteiger partial charge in [0.05, 0.1) is 17.3 Å². The molecule has 5 heteroatoms. The highest BCUT2D eigenvalue weighted by atomic mass is 35.5. The lowest BCUT2D eigenvalue weighted by atomic mass is 9.79. The van der Waals surface area contributed by atoms with Gasteiger partial charge >= 0.3 is 5.97 Å². The average Bonchev–Trinajstić information content (AvgIpc) is 2.72. The van der Waals surface area contributed by atoms with Crippen LogP contribution in [0.5, 0.6) is 0 Å². The molecule has 0 radical (unpaired) electrons. The summed E-state index contributed by atoms with van der Waals surface area (Å²) >= 11 is 5.90. The lowest BCUT2D eigenvalue weighted by Crippen LogP contribution is -2.37. The Morgan fingerprint density at radius 3 is 2.88 bits per heavy atom. The molecular formula is C11H12ClNO3. The molecule has 0 spiro atoms. The van der Waals surface area contributed by atoms with Gasteiger partial charge in [0.2, 0.25) is 0 Å². The number of halogens is 1. The highest BCUT2D eigenvalue weighted by Crippen LogP contribution is 2.39. The van der Waals surface area contributed by atoms with Crippen LogP contribution in [0, 0.1) is 0 Å². The molecule has 1 aromatic carbocycles. The summed E-state index contributed by atoms with van der Waals surface area (Å²) in [6, 6.07) is 5.05. The average molecular weight is 242 g/mol. The van der Waals surface area contributed by atoms with Gasteiger partial charge in [0.15, 0.2) is 0 Å². The number of ether oxygens (including phenoxy) is 1. The molecule has 0 amide bonds. The minimum atomic E-state index is -1.05. The second-order valence-electron chi connectivity index (χ2n) is 3.89. The van der Waals surface area contributed by atoms with E-state index in [4.69, 9.17) is 22.1 Å². The number of para-hydroxylation sites is 1. The Bertz CT molecular complexity index is 427. The summed E-state index contributed by atoms with van der Waals surface area (Å²) in [5.74, 6) is -0.918. The first kappa shape index (κ1) is 11.2. The van der Waals surface area contributed by atoms with Crippen LogP contribution in [0.2, 0.25) is 5.02 Å². The summed E-state index contributed by atoms with van der Waals surface area (Å²) < 4.78 is 5.19. The quantitative estimate of drug-likeness (QED) is 0.773. The number of carboxylic acid groups (broad SMARTS) is 1. The highest BCUT2D eigenvalue weighted by Gasteiger charge is 2.45. The van der Waals surface area contributed by atoms with E-state index in [0.29, 0.717) is 29.3 Å². The first-order chi connectivity index (χ1) is 7.58. The fourth-order valence-electron chi connectivity index (χ4n) is 2.02. The number of aliphatic carboxylic acids is 1. The SMILES string of the molecule is Nc1c(Cl)cccc1C1(C(=O)O)CCOC1. The first-order valence-electron chi connectivity index (χ1n) is 4.93. The minimum absolute atomic E-state index is 0.146. The third-order valence-corrected chi connectivity index (χ3v) is 3.33. The molecule has 86 valence electrons. The predicted octanol–water partition coefficient (Wildman–Crippen LogP) is 1.66. The first-order valence-corrected chi connectivity index (χ1v) is 5.31. The fraction of sp³-hybridized carbons (Fsp3) is 0.364. The number of hydrogen-bond donors (Lipinski definition) is 2. The van der Waals surface area contributed by atoms with Crippen LogP contribution in [-0.2, 0) is 14.9 Å². The molecule has 0 aliphatic carbocycles. The number of carbonyl (C=O) groups is 1. The normalized spacial score (nSPS) is 24.6. The Morgan fingerprint density at radius 2 is 2.31 bits per heavy atom. The summed E-state index contributed by atoms with van der Waals surface area (Å²) in [6.07, 6.45) is 0.423. The molecular weight excluding hydrogens is 230 g/mol. The molecule has 1 aromatic rings. The highest BCUT2D eigenvalue weighted by molar-refractivity contribution is 6.33. The molecule has 1 fully saturated rings. The standard InChI is InChI=1S/C11H12ClNO3/c12-8-3-1-2-7(9(8)13)11(10(14)15)4-5-16-6-11/h1-3H,4-6,13H2,(H,14,15). The van der Waals surface area contributed by atoms with Gasteiger partial charge in [-0.2, -0.15) is 0 Å². The molecule has 1 unspecified atom stereocenters. The monoisotopic (exact) mass is 241 g/mol. The maximum absolute atomic E-state index is 11.4. The van der Waals surface area contributed by atoms with Crippen LogP contribution in [0.15, 0.2) is 18.2 Å². The number of anilines is 1. The van der Waals surface area contributed by atoms with E-state index in [-0.39, 0.29) is 6.61 Å². The van der Waals surface area contributed by atoms with Crippen molar-refractivity contribution in [1.82, 2.24) is 0 Å². The maximum atomic E-state index is 11.4. The van der Waals surface area contributed by atoms with Crippen LogP contribution in [-0.4, -0.2) is 24.3 Å². The van der Waals surface area contributed by atoms with E-state index in [1.54, 1.807) is 18.2 Å². The van der Waals surface area contributed by atoms with E-state index in [0.717, 1.165) is 0 Å². The van der Waals surface area contributed by atoms with Gasteiger partial charge in [0.25, 0.3) is 0 Å². The summed E-state index contributed by atoms with van der Waals surface area (Å²) in [5.41, 5.74) is 5.66. The van der Waals surface area contributed by atoms with Gasteiger partial charge in [-0.3, -0.25) is 4.79 Å². The number of carboxylic acids is 1. The predicted molar refractivity (Wildman–Crippen MR) is 60.6 cm³/mol. The zero-order valence-corrected chi connectivity index (χ0v) is 9.33. The zero-order valence-electron chi connectivity index (χ0n) is 8.57. The number of rotatable bonds is 2. The van der Waals surface area contributed by atoms with Crippen molar-refractivity contribution >= 4 is 23.3 Å². The van der Waals surface area contributed by atoms with Crippen LogP contribution >= 0.6 is 11.6 Å². The van der Waals surface area contributed by atoms with Gasteiger partial charge in [-0.15, -0.1) is 0 Å². The molecule has 1 heterocycles. The van der Waals surface area contributed by atoms with Gasteiger partial charge in [-0.25, -0.2) is 0 Å². The van der Waals surface area contributed by atoms with Crippen LogP contribution in [0.25, 0.3) is 0 Å². The molecule has 16 heavy (non-hydrogen) atoms. The van der Waals surface area contributed by atoms with Crippen molar-refractivity contribution in [3.05, 3.63) is 28.8 Å². The minimum Gasteiger partial charge on any atom is -0.481 e. The lowest BCUT2D eigenvalue weighted by molar-refractivity contribution is -0.143. The van der Waals surface area contributed by atoms with Gasteiger partial charge in [0, 0.05) is 6.61 Å². The second kappa shape index (κ2) is 3.96. The van der Waals surface area contributed by atoms with Crippen molar-refractivity contribution in [2.24, 2.45) is 0 Å². The van der Waals surface area contributed by atoms with E-state index < -0.39 is 11.4 Å². The maximum Gasteiger partial charge on any atom is 0.316 e. The molecule has 0 bridgehead atoms. The molecule has 3 N–H and O–H groups in total. The number of benzene rings is 1. The van der Waals surface area contributed by atoms with E-state index in [2.05, 4.69) is 0 Å². The fourth-order valence-corrected chi connectivity index (χ4v) is 2.19. The lowest BCUT2D eigenvalue weighted by Gasteiger charge is -2.24. The Kier molecular flexibility index (Phi) is 2.78. The molecule has 1 aliphatic rings. The molecule has 1 aliphatic heterocycles. The summed E-state index contributed by atoms with van der Waals surface area (Å²) in [7, 11) is 0. The molecule has 0 aromatic heterocycles. The van der Waals surface area contributed by atoms with E-state index in [1.807, 2.05) is 0 Å². The third kappa shape index (κ3) is 1.54. The topological polar surface area (TPSA) is 72.6 Å². The summed E-state index contributed by atoms with van der Waals surface area (Å²) in [5, 5.41) is 9.73. The number of hydrogen-bond acceptors (Lipinski definition) is 3. The van der Waals surface area contributed by atoms with Crippen molar-refractivity contribution in [3.8, 4) is 0 Å². The Balaban J connectivity index is 2.56. The van der Waals surface area contributed by atoms with Crippen molar-refractivity contribution in [1.29, 1.82) is 0 Å². The molecule has 1 atom stereocenters. The summed E-state index contributed by atoms with van der Waals surface area (Å²) in [6.45, 7) is 0.575. The molecule has 2 rings (SSSR count). The third-order valence-electron chi connectivity index (χ3n) is 3.00. The largest absolute Gasteiger partial charge is 0.481 e. The smallest absolute Gasteiger partial charge is 0.316 e. The van der Waals surface area contributed by atoms with Crippen LogP contribution in [0.3, 0.4) is 0 Å². The van der Waals surface area contributed by atoms with Gasteiger partial charge in [-0.1, -0.05) is 23.7 Å². The van der Waals surface area contributed by atoms with Crippen molar-refractivity contribution < 1.29 is 14.6 Å². The van der Waals surface area contributed by atoms with Crippen LogP contribution < -0.4 is 5.73 Å². The zero-order chi connectivity index (χ0) is 11.8. The molecule has 4 nitrogen and oxygen atoms in total. The van der Waals surface area contributed by atoms with Crippen LogP contribution in [0.1, 0.15) is 12.0 Å². The Morgan fingerprint density at radius 1 is 1.56 bits per heavy atom. The number of nitrogens with two attached hydrogens (primary N) is 1. The Hall–Kier alpha value is -1.26. The number of nitrogen functional groups attached to an aromatic ring is 1. The van der Waals surface area contributed by atoms with Crippen molar-refractivity contribution in [3.63, 3.8) is 0 Å². The van der Waals surface area contributed by atoms with E-state index in [1.165, 1.54) is 0 Å². The van der Waals surface area contributed by atoms with Gasteiger partial charge in [0.1, 0.15) is 5.41 Å². The molecule has 1 saturated heterocycles. The second-order valence-corrected chi connectivity index (χ2v) is 4.30. The van der Waals surface area contributed by atoms with Gasteiger partial charge < -0.3 is 15.6 Å². The van der Waals surface area contributed by atoms with Crippen molar-refractivity contribution in [2.45, 2.75) is 11.8 Å². The van der Waals surface area contributed by atoms with Crippen molar-refractivity contribution in [2.75, 3.05) is 18.9 Å². The van der Waals surface area contributed by atoms with Crippen LogP contribution in [0.4, 0.5) is 5.69 Å². The van der Waals surface area contributed by atoms with E-state index in [9.17, 15) is 9.90 Å². The molecule has 0 saturated carbocycles. The van der Waals surface area contributed by atoms with Gasteiger partial charge in [-0.05, 0) is 18.1 Å². The summed E-state index contributed by atoms with van der Waals surface area (Å²) in [4.78, 5) is 11.4. The van der Waals surface area contributed by atoms with E-state index >= 15 is 0 Å². The Labute approximate surface area is 98.0 Å².